The lowest BCUT2D eigenvalue weighted by Gasteiger charge is -2.29. The van der Waals surface area contributed by atoms with Gasteiger partial charge in [0, 0.05) is 0 Å². The van der Waals surface area contributed by atoms with Crippen molar-refractivity contribution >= 4 is 0 Å². The van der Waals surface area contributed by atoms with Gasteiger partial charge in [-0.25, -0.2) is 4.39 Å². The normalized spacial score (nSPS) is 42.4. The van der Waals surface area contributed by atoms with E-state index in [1.165, 1.54) is 0 Å². The predicted octanol–water partition coefficient (Wildman–Crippen LogP) is 1.17. The first-order valence-corrected chi connectivity index (χ1v) is 5.01. The summed E-state index contributed by atoms with van der Waals surface area (Å²) in [6, 6.07) is 2.22. The lowest BCUT2D eigenvalue weighted by atomic mass is 9.72. The number of ether oxygens (including phenoxy) is 1. The Labute approximate surface area is 82.5 Å². The standard InChI is InChI=1S/C10H14FNO2/c11-5-7(13)3-10(6-12)4-8-1-2-9(10)14-8/h7-9,13H,1-5H2. The van der Waals surface area contributed by atoms with Crippen LogP contribution in [-0.2, 0) is 4.74 Å². The maximum atomic E-state index is 12.2. The van der Waals surface area contributed by atoms with Gasteiger partial charge in [0.2, 0.25) is 0 Å². The number of fused-ring (bicyclic) bond motifs is 2. The highest BCUT2D eigenvalue weighted by atomic mass is 19.1. The molecule has 0 spiro atoms. The van der Waals surface area contributed by atoms with E-state index in [1.54, 1.807) is 0 Å². The summed E-state index contributed by atoms with van der Waals surface area (Å²) in [5, 5.41) is 18.4. The molecule has 2 aliphatic heterocycles. The smallest absolute Gasteiger partial charge is 0.115 e. The number of rotatable bonds is 3. The molecule has 0 amide bonds. The van der Waals surface area contributed by atoms with Gasteiger partial charge in [-0.15, -0.1) is 0 Å². The second kappa shape index (κ2) is 3.48. The highest BCUT2D eigenvalue weighted by Gasteiger charge is 2.53. The highest BCUT2D eigenvalue weighted by molar-refractivity contribution is 5.12. The van der Waals surface area contributed by atoms with E-state index in [2.05, 4.69) is 6.07 Å². The van der Waals surface area contributed by atoms with Crippen LogP contribution in [0.3, 0.4) is 0 Å². The van der Waals surface area contributed by atoms with E-state index in [-0.39, 0.29) is 18.6 Å². The Hall–Kier alpha value is -0.660. The van der Waals surface area contributed by atoms with E-state index in [9.17, 15) is 9.50 Å². The van der Waals surface area contributed by atoms with Gasteiger partial charge in [0.15, 0.2) is 0 Å². The monoisotopic (exact) mass is 199 g/mol. The molecule has 0 aromatic carbocycles. The molecule has 4 unspecified atom stereocenters. The van der Waals surface area contributed by atoms with Crippen molar-refractivity contribution in [2.24, 2.45) is 5.41 Å². The van der Waals surface area contributed by atoms with Crippen molar-refractivity contribution in [3.8, 4) is 6.07 Å². The SMILES string of the molecule is N#CC1(CC(O)CF)CC2CCC1O2. The molecular weight excluding hydrogens is 185 g/mol. The summed E-state index contributed by atoms with van der Waals surface area (Å²) >= 11 is 0. The van der Waals surface area contributed by atoms with E-state index in [0.29, 0.717) is 6.42 Å². The molecule has 14 heavy (non-hydrogen) atoms. The third-order valence-electron chi connectivity index (χ3n) is 3.32. The fraction of sp³-hybridized carbons (Fsp3) is 0.900. The third-order valence-corrected chi connectivity index (χ3v) is 3.32. The second-order valence-electron chi connectivity index (χ2n) is 4.31. The molecule has 78 valence electrons. The summed E-state index contributed by atoms with van der Waals surface area (Å²) in [5.74, 6) is 0. The van der Waals surface area contributed by atoms with E-state index in [1.807, 2.05) is 0 Å². The third kappa shape index (κ3) is 1.41. The average molecular weight is 199 g/mol. The van der Waals surface area contributed by atoms with Gasteiger partial charge in [-0.2, -0.15) is 5.26 Å². The van der Waals surface area contributed by atoms with Crippen LogP contribution in [0.4, 0.5) is 4.39 Å². The fourth-order valence-corrected chi connectivity index (χ4v) is 2.65. The van der Waals surface area contributed by atoms with Crippen LogP contribution in [-0.4, -0.2) is 30.1 Å². The summed E-state index contributed by atoms with van der Waals surface area (Å²) in [6.07, 6.45) is 1.80. The Morgan fingerprint density at radius 1 is 1.64 bits per heavy atom. The van der Waals surface area contributed by atoms with Crippen LogP contribution in [0, 0.1) is 16.7 Å². The molecule has 4 heteroatoms. The molecule has 2 saturated heterocycles. The minimum atomic E-state index is -1.02. The summed E-state index contributed by atoms with van der Waals surface area (Å²) in [4.78, 5) is 0. The highest BCUT2D eigenvalue weighted by Crippen LogP contribution is 2.49. The van der Waals surface area contributed by atoms with Crippen molar-refractivity contribution < 1.29 is 14.2 Å². The maximum Gasteiger partial charge on any atom is 0.115 e. The minimum Gasteiger partial charge on any atom is -0.390 e. The molecule has 2 fully saturated rings. The zero-order valence-electron chi connectivity index (χ0n) is 7.95. The fourth-order valence-electron chi connectivity index (χ4n) is 2.65. The number of hydrogen-bond acceptors (Lipinski definition) is 3. The van der Waals surface area contributed by atoms with Gasteiger partial charge in [-0.1, -0.05) is 0 Å². The summed E-state index contributed by atoms with van der Waals surface area (Å²) in [6.45, 7) is -0.777. The Kier molecular flexibility index (Phi) is 2.46. The maximum absolute atomic E-state index is 12.2. The van der Waals surface area contributed by atoms with Crippen molar-refractivity contribution in [3.05, 3.63) is 0 Å². The molecule has 2 aliphatic rings. The molecular formula is C10H14FNO2. The van der Waals surface area contributed by atoms with Crippen LogP contribution in [0.25, 0.3) is 0 Å². The first-order valence-electron chi connectivity index (χ1n) is 5.01. The summed E-state index contributed by atoms with van der Waals surface area (Å²) in [5.41, 5.74) is -0.631. The molecule has 2 heterocycles. The number of aliphatic hydroxyl groups excluding tert-OH is 1. The van der Waals surface area contributed by atoms with E-state index in [4.69, 9.17) is 10.00 Å². The molecule has 3 nitrogen and oxygen atoms in total. The quantitative estimate of drug-likeness (QED) is 0.742. The average Bonchev–Trinajstić information content (AvgIpc) is 2.77. The first kappa shape index (κ1) is 9.88. The van der Waals surface area contributed by atoms with Crippen LogP contribution in [0.5, 0.6) is 0 Å². The summed E-state index contributed by atoms with van der Waals surface area (Å²) < 4.78 is 17.8. The zero-order chi connectivity index (χ0) is 10.2. The number of aliphatic hydroxyl groups is 1. The van der Waals surface area contributed by atoms with Crippen molar-refractivity contribution in [1.29, 1.82) is 5.26 Å². The Bertz CT molecular complexity index is 265. The largest absolute Gasteiger partial charge is 0.390 e. The predicted molar refractivity (Wildman–Crippen MR) is 47.2 cm³/mol. The Morgan fingerprint density at radius 3 is 2.86 bits per heavy atom. The van der Waals surface area contributed by atoms with Gasteiger partial charge < -0.3 is 9.84 Å². The van der Waals surface area contributed by atoms with Crippen LogP contribution in [0.2, 0.25) is 0 Å². The van der Waals surface area contributed by atoms with Gasteiger partial charge >= 0.3 is 0 Å². The lowest BCUT2D eigenvalue weighted by molar-refractivity contribution is 0.0440. The number of halogens is 1. The van der Waals surface area contributed by atoms with Gasteiger partial charge in [0.05, 0.1) is 29.8 Å². The van der Waals surface area contributed by atoms with E-state index < -0.39 is 18.2 Å². The van der Waals surface area contributed by atoms with Crippen LogP contribution < -0.4 is 0 Å². The van der Waals surface area contributed by atoms with Gasteiger partial charge in [-0.3, -0.25) is 0 Å². The van der Waals surface area contributed by atoms with Crippen molar-refractivity contribution in [2.45, 2.75) is 44.0 Å². The number of alkyl halides is 1. The molecule has 2 rings (SSSR count). The molecule has 0 saturated carbocycles. The Morgan fingerprint density at radius 2 is 2.43 bits per heavy atom. The van der Waals surface area contributed by atoms with E-state index >= 15 is 0 Å². The Balaban J connectivity index is 2.08. The second-order valence-corrected chi connectivity index (χ2v) is 4.31. The molecule has 0 aromatic rings. The number of hydrogen-bond donors (Lipinski definition) is 1. The first-order chi connectivity index (χ1) is 6.70. The van der Waals surface area contributed by atoms with Crippen molar-refractivity contribution in [1.82, 2.24) is 0 Å². The summed E-state index contributed by atoms with van der Waals surface area (Å²) in [7, 11) is 0. The van der Waals surface area contributed by atoms with E-state index in [0.717, 1.165) is 12.8 Å². The van der Waals surface area contributed by atoms with Crippen LogP contribution in [0.1, 0.15) is 25.7 Å². The molecule has 1 N–H and O–H groups in total. The lowest BCUT2D eigenvalue weighted by Crippen LogP contribution is -2.35. The zero-order valence-corrected chi connectivity index (χ0v) is 7.95. The molecule has 4 atom stereocenters. The van der Waals surface area contributed by atoms with Gasteiger partial charge in [-0.05, 0) is 25.7 Å². The molecule has 0 aliphatic carbocycles. The van der Waals surface area contributed by atoms with Crippen LogP contribution >= 0.6 is 0 Å². The minimum absolute atomic E-state index is 0.0845. The van der Waals surface area contributed by atoms with Crippen molar-refractivity contribution in [2.75, 3.05) is 6.67 Å². The molecule has 2 bridgehead atoms. The molecule has 0 radical (unpaired) electrons. The van der Waals surface area contributed by atoms with Gasteiger partial charge in [0.25, 0.3) is 0 Å². The molecule has 0 aromatic heterocycles. The van der Waals surface area contributed by atoms with Gasteiger partial charge in [0.1, 0.15) is 6.67 Å². The number of nitriles is 1. The topological polar surface area (TPSA) is 53.2 Å². The number of nitrogens with zero attached hydrogens (tertiary/aromatic N) is 1. The van der Waals surface area contributed by atoms with Crippen molar-refractivity contribution in [3.63, 3.8) is 0 Å². The van der Waals surface area contributed by atoms with Crippen LogP contribution in [0.15, 0.2) is 0 Å².